The number of nitrogens with one attached hydrogen (secondary N) is 1. The predicted octanol–water partition coefficient (Wildman–Crippen LogP) is 2.57. The van der Waals surface area contributed by atoms with Crippen molar-refractivity contribution in [3.05, 3.63) is 15.6 Å². The Balaban J connectivity index is 2.04. The van der Waals surface area contributed by atoms with Gasteiger partial charge in [0, 0.05) is 17.3 Å². The first-order valence-electron chi connectivity index (χ1n) is 6.51. The van der Waals surface area contributed by atoms with Crippen LogP contribution >= 0.6 is 11.3 Å². The standard InChI is InChI=1S/C13H23N3S/c1-8-5-4-6-11(8)12(16-14)7-13-15-9(2)10(3)17-13/h8,11-12,16H,4-7,14H2,1-3H3. The molecular formula is C13H23N3S. The van der Waals surface area contributed by atoms with Crippen LogP contribution in [-0.4, -0.2) is 11.0 Å². The fourth-order valence-electron chi connectivity index (χ4n) is 2.92. The lowest BCUT2D eigenvalue weighted by Crippen LogP contribution is -2.43. The summed E-state index contributed by atoms with van der Waals surface area (Å²) in [5, 5.41) is 1.22. The zero-order valence-corrected chi connectivity index (χ0v) is 11.8. The average molecular weight is 253 g/mol. The highest BCUT2D eigenvalue weighted by atomic mass is 32.1. The predicted molar refractivity (Wildman–Crippen MR) is 72.9 cm³/mol. The number of rotatable bonds is 4. The van der Waals surface area contributed by atoms with Crippen molar-refractivity contribution in [2.45, 2.75) is 52.5 Å². The van der Waals surface area contributed by atoms with Gasteiger partial charge in [-0.1, -0.05) is 19.8 Å². The molecule has 4 heteroatoms. The van der Waals surface area contributed by atoms with Crippen molar-refractivity contribution in [1.29, 1.82) is 0 Å². The second-order valence-corrected chi connectivity index (χ2v) is 6.59. The number of nitrogens with zero attached hydrogens (tertiary/aromatic N) is 1. The van der Waals surface area contributed by atoms with E-state index in [2.05, 4.69) is 31.2 Å². The van der Waals surface area contributed by atoms with Gasteiger partial charge in [-0.05, 0) is 32.1 Å². The molecule has 3 atom stereocenters. The molecule has 96 valence electrons. The maximum Gasteiger partial charge on any atom is 0.0947 e. The smallest absolute Gasteiger partial charge is 0.0947 e. The third-order valence-electron chi connectivity index (χ3n) is 4.13. The third-order valence-corrected chi connectivity index (χ3v) is 5.22. The van der Waals surface area contributed by atoms with E-state index in [4.69, 9.17) is 5.84 Å². The molecule has 0 aliphatic heterocycles. The quantitative estimate of drug-likeness (QED) is 0.640. The van der Waals surface area contributed by atoms with Crippen LogP contribution in [0.1, 0.15) is 41.8 Å². The molecule has 3 nitrogen and oxygen atoms in total. The first kappa shape index (κ1) is 13.0. The fraction of sp³-hybridized carbons (Fsp3) is 0.769. The molecule has 2 rings (SSSR count). The molecule has 17 heavy (non-hydrogen) atoms. The van der Waals surface area contributed by atoms with Gasteiger partial charge in [-0.15, -0.1) is 11.3 Å². The molecule has 1 saturated carbocycles. The molecule has 1 aliphatic rings. The van der Waals surface area contributed by atoms with Crippen LogP contribution in [0.5, 0.6) is 0 Å². The number of thiazole rings is 1. The van der Waals surface area contributed by atoms with Crippen LogP contribution in [0.25, 0.3) is 0 Å². The maximum atomic E-state index is 5.73. The summed E-state index contributed by atoms with van der Waals surface area (Å²) in [4.78, 5) is 5.95. The Hall–Kier alpha value is -0.450. The van der Waals surface area contributed by atoms with Crippen molar-refractivity contribution in [1.82, 2.24) is 10.4 Å². The van der Waals surface area contributed by atoms with Gasteiger partial charge in [0.15, 0.2) is 0 Å². The molecular weight excluding hydrogens is 230 g/mol. The molecule has 1 heterocycles. The van der Waals surface area contributed by atoms with Gasteiger partial charge in [0.1, 0.15) is 0 Å². The molecule has 3 N–H and O–H groups in total. The van der Waals surface area contributed by atoms with Gasteiger partial charge < -0.3 is 0 Å². The maximum absolute atomic E-state index is 5.73. The minimum absolute atomic E-state index is 0.387. The SMILES string of the molecule is Cc1nc(CC(NN)C2CCCC2C)sc1C. The van der Waals surface area contributed by atoms with Crippen molar-refractivity contribution in [3.8, 4) is 0 Å². The number of hydrazine groups is 1. The highest BCUT2D eigenvalue weighted by Crippen LogP contribution is 2.35. The minimum Gasteiger partial charge on any atom is -0.271 e. The fourth-order valence-corrected chi connectivity index (χ4v) is 3.91. The minimum atomic E-state index is 0.387. The summed E-state index contributed by atoms with van der Waals surface area (Å²) in [6.45, 7) is 6.57. The van der Waals surface area contributed by atoms with Crippen LogP contribution in [0.3, 0.4) is 0 Å². The summed E-state index contributed by atoms with van der Waals surface area (Å²) in [7, 11) is 0. The second-order valence-electron chi connectivity index (χ2n) is 5.30. The number of aromatic nitrogens is 1. The van der Waals surface area contributed by atoms with Crippen LogP contribution in [-0.2, 0) is 6.42 Å². The van der Waals surface area contributed by atoms with Gasteiger partial charge in [-0.25, -0.2) is 4.98 Å². The summed E-state index contributed by atoms with van der Waals surface area (Å²) in [6.07, 6.45) is 4.98. The second kappa shape index (κ2) is 5.46. The largest absolute Gasteiger partial charge is 0.271 e. The molecule has 1 aromatic heterocycles. The van der Waals surface area contributed by atoms with Crippen molar-refractivity contribution >= 4 is 11.3 Å². The number of hydrogen-bond donors (Lipinski definition) is 2. The van der Waals surface area contributed by atoms with E-state index in [-0.39, 0.29) is 0 Å². The molecule has 1 fully saturated rings. The van der Waals surface area contributed by atoms with Gasteiger partial charge in [-0.3, -0.25) is 11.3 Å². The summed E-state index contributed by atoms with van der Waals surface area (Å²) >= 11 is 1.81. The summed E-state index contributed by atoms with van der Waals surface area (Å²) in [5.74, 6) is 7.24. The van der Waals surface area contributed by atoms with Crippen LogP contribution in [0.15, 0.2) is 0 Å². The van der Waals surface area contributed by atoms with E-state index >= 15 is 0 Å². The highest BCUT2D eigenvalue weighted by molar-refractivity contribution is 7.11. The molecule has 0 spiro atoms. The van der Waals surface area contributed by atoms with E-state index in [1.165, 1.54) is 34.8 Å². The Morgan fingerprint density at radius 2 is 2.24 bits per heavy atom. The number of nitrogens with two attached hydrogens (primary N) is 1. The van der Waals surface area contributed by atoms with E-state index in [1.807, 2.05) is 11.3 Å². The third kappa shape index (κ3) is 2.87. The van der Waals surface area contributed by atoms with E-state index in [1.54, 1.807) is 0 Å². The van der Waals surface area contributed by atoms with E-state index < -0.39 is 0 Å². The number of hydrogen-bond acceptors (Lipinski definition) is 4. The Labute approximate surface area is 108 Å². The normalized spacial score (nSPS) is 26.4. The topological polar surface area (TPSA) is 50.9 Å². The molecule has 0 aromatic carbocycles. The average Bonchev–Trinajstić information content (AvgIpc) is 2.83. The van der Waals surface area contributed by atoms with E-state index in [0.717, 1.165) is 12.3 Å². The van der Waals surface area contributed by atoms with Gasteiger partial charge in [-0.2, -0.15) is 0 Å². The zero-order chi connectivity index (χ0) is 12.4. The van der Waals surface area contributed by atoms with Crippen molar-refractivity contribution in [2.24, 2.45) is 17.7 Å². The first-order valence-corrected chi connectivity index (χ1v) is 7.32. The van der Waals surface area contributed by atoms with Crippen molar-refractivity contribution < 1.29 is 0 Å². The van der Waals surface area contributed by atoms with Crippen LogP contribution in [0.2, 0.25) is 0 Å². The molecule has 3 unspecified atom stereocenters. The Kier molecular flexibility index (Phi) is 4.17. The Morgan fingerprint density at radius 1 is 1.47 bits per heavy atom. The van der Waals surface area contributed by atoms with Crippen LogP contribution in [0, 0.1) is 25.7 Å². The van der Waals surface area contributed by atoms with E-state index in [9.17, 15) is 0 Å². The Bertz CT molecular complexity index is 355. The lowest BCUT2D eigenvalue weighted by molar-refractivity contribution is 0.297. The van der Waals surface area contributed by atoms with Crippen LogP contribution < -0.4 is 11.3 Å². The number of aryl methyl sites for hydroxylation is 2. The van der Waals surface area contributed by atoms with Crippen LogP contribution in [0.4, 0.5) is 0 Å². The molecule has 0 saturated heterocycles. The highest BCUT2D eigenvalue weighted by Gasteiger charge is 2.30. The van der Waals surface area contributed by atoms with Gasteiger partial charge in [0.2, 0.25) is 0 Å². The van der Waals surface area contributed by atoms with Gasteiger partial charge >= 0.3 is 0 Å². The first-order chi connectivity index (χ1) is 8.11. The van der Waals surface area contributed by atoms with Gasteiger partial charge in [0.25, 0.3) is 0 Å². The monoisotopic (exact) mass is 253 g/mol. The van der Waals surface area contributed by atoms with Crippen molar-refractivity contribution in [2.75, 3.05) is 0 Å². The summed E-state index contributed by atoms with van der Waals surface area (Å²) < 4.78 is 0. The zero-order valence-electron chi connectivity index (χ0n) is 11.0. The molecule has 0 amide bonds. The summed E-state index contributed by atoms with van der Waals surface area (Å²) in [5.41, 5.74) is 4.19. The molecule has 1 aliphatic carbocycles. The van der Waals surface area contributed by atoms with Gasteiger partial charge in [0.05, 0.1) is 10.7 Å². The summed E-state index contributed by atoms with van der Waals surface area (Å²) in [6, 6.07) is 0.387. The molecule has 0 bridgehead atoms. The lowest BCUT2D eigenvalue weighted by atomic mass is 9.89. The molecule has 1 aromatic rings. The van der Waals surface area contributed by atoms with Crippen molar-refractivity contribution in [3.63, 3.8) is 0 Å². The Morgan fingerprint density at radius 3 is 2.71 bits per heavy atom. The lowest BCUT2D eigenvalue weighted by Gasteiger charge is -2.25. The van der Waals surface area contributed by atoms with E-state index in [0.29, 0.717) is 12.0 Å². The molecule has 0 radical (unpaired) electrons.